The van der Waals surface area contributed by atoms with Crippen molar-refractivity contribution >= 4 is 28.8 Å². The van der Waals surface area contributed by atoms with Gasteiger partial charge in [-0.05, 0) is 63.5 Å². The van der Waals surface area contributed by atoms with Crippen molar-refractivity contribution in [3.63, 3.8) is 0 Å². The van der Waals surface area contributed by atoms with Crippen molar-refractivity contribution in [3.05, 3.63) is 44.9 Å². The molecule has 0 saturated carbocycles. The number of nitrogens with one attached hydrogen (secondary N) is 1. The maximum absolute atomic E-state index is 12.8. The average Bonchev–Trinajstić information content (AvgIpc) is 3.02. The van der Waals surface area contributed by atoms with E-state index in [1.807, 2.05) is 31.0 Å². The zero-order valence-corrected chi connectivity index (χ0v) is 16.7. The molecule has 1 amide bonds. The number of piperidine rings is 1. The van der Waals surface area contributed by atoms with Gasteiger partial charge in [-0.15, -0.1) is 11.3 Å². The van der Waals surface area contributed by atoms with Crippen molar-refractivity contribution in [3.8, 4) is 5.75 Å². The third kappa shape index (κ3) is 4.75. The molecule has 0 spiro atoms. The molecule has 2 heterocycles. The van der Waals surface area contributed by atoms with E-state index in [2.05, 4.69) is 10.3 Å². The van der Waals surface area contributed by atoms with Crippen LogP contribution >= 0.6 is 22.9 Å². The Bertz CT molecular complexity index is 740. The van der Waals surface area contributed by atoms with Crippen LogP contribution in [0.4, 0.5) is 0 Å². The number of likely N-dealkylation sites (tertiary alicyclic amines) is 1. The van der Waals surface area contributed by atoms with Gasteiger partial charge in [0.1, 0.15) is 22.2 Å². The number of rotatable bonds is 6. The van der Waals surface area contributed by atoms with Gasteiger partial charge in [0.2, 0.25) is 0 Å². The molecule has 0 aliphatic carbocycles. The Morgan fingerprint density at radius 1 is 1.35 bits per heavy atom. The maximum Gasteiger partial charge on any atom is 0.265 e. The van der Waals surface area contributed by atoms with Crippen LogP contribution in [0.3, 0.4) is 0 Å². The van der Waals surface area contributed by atoms with Gasteiger partial charge in [-0.25, -0.2) is 4.98 Å². The number of halogens is 1. The van der Waals surface area contributed by atoms with Crippen LogP contribution in [0.1, 0.15) is 33.2 Å². The third-order valence-corrected chi connectivity index (χ3v) is 5.98. The molecule has 7 heteroatoms. The van der Waals surface area contributed by atoms with Crippen LogP contribution in [-0.4, -0.2) is 42.5 Å². The number of amides is 1. The molecule has 1 aromatic heterocycles. The standard InChI is InChI=1S/C19H24ClN3O2S/c1-13-18(19(24)23-9-7-14(8-10-23)11-21-2)26-17(22-13)12-25-16-5-3-15(20)4-6-16/h3-6,14,21H,7-12H2,1-2H3. The maximum atomic E-state index is 12.8. The fraction of sp³-hybridized carbons (Fsp3) is 0.474. The van der Waals surface area contributed by atoms with Crippen molar-refractivity contribution in [1.29, 1.82) is 0 Å². The van der Waals surface area contributed by atoms with E-state index in [1.165, 1.54) is 11.3 Å². The number of carbonyl (C=O) groups excluding carboxylic acids is 1. The lowest BCUT2D eigenvalue weighted by Crippen LogP contribution is -2.40. The number of hydrogen-bond donors (Lipinski definition) is 1. The molecule has 5 nitrogen and oxygen atoms in total. The number of ether oxygens (including phenoxy) is 1. The molecular formula is C19H24ClN3O2S. The molecular weight excluding hydrogens is 370 g/mol. The predicted molar refractivity (Wildman–Crippen MR) is 105 cm³/mol. The van der Waals surface area contributed by atoms with Crippen LogP contribution in [-0.2, 0) is 6.61 Å². The van der Waals surface area contributed by atoms with Gasteiger partial charge in [-0.3, -0.25) is 4.79 Å². The van der Waals surface area contributed by atoms with Crippen molar-refractivity contribution in [2.75, 3.05) is 26.7 Å². The summed E-state index contributed by atoms with van der Waals surface area (Å²) in [6, 6.07) is 7.22. The number of benzene rings is 1. The Labute approximate surface area is 163 Å². The highest BCUT2D eigenvalue weighted by atomic mass is 35.5. The lowest BCUT2D eigenvalue weighted by Gasteiger charge is -2.31. The summed E-state index contributed by atoms with van der Waals surface area (Å²) in [5.74, 6) is 1.50. The summed E-state index contributed by atoms with van der Waals surface area (Å²) in [4.78, 5) is 20.0. The van der Waals surface area contributed by atoms with Crippen molar-refractivity contribution in [1.82, 2.24) is 15.2 Å². The Balaban J connectivity index is 1.59. The molecule has 2 aromatic rings. The van der Waals surface area contributed by atoms with E-state index in [4.69, 9.17) is 16.3 Å². The van der Waals surface area contributed by atoms with Crippen molar-refractivity contribution < 1.29 is 9.53 Å². The summed E-state index contributed by atoms with van der Waals surface area (Å²) in [6.45, 7) is 4.90. The second-order valence-electron chi connectivity index (χ2n) is 6.56. The van der Waals surface area contributed by atoms with Crippen LogP contribution in [0, 0.1) is 12.8 Å². The van der Waals surface area contributed by atoms with Gasteiger partial charge in [0, 0.05) is 18.1 Å². The number of carbonyl (C=O) groups is 1. The van der Waals surface area contributed by atoms with E-state index in [1.54, 1.807) is 12.1 Å². The molecule has 26 heavy (non-hydrogen) atoms. The fourth-order valence-electron chi connectivity index (χ4n) is 3.16. The summed E-state index contributed by atoms with van der Waals surface area (Å²) >= 11 is 7.31. The van der Waals surface area contributed by atoms with E-state index in [-0.39, 0.29) is 5.91 Å². The van der Waals surface area contributed by atoms with E-state index in [0.717, 1.165) is 53.8 Å². The van der Waals surface area contributed by atoms with Crippen LogP contribution in [0.25, 0.3) is 0 Å². The molecule has 1 aliphatic rings. The monoisotopic (exact) mass is 393 g/mol. The second-order valence-corrected chi connectivity index (χ2v) is 8.08. The highest BCUT2D eigenvalue weighted by Gasteiger charge is 2.26. The van der Waals surface area contributed by atoms with Gasteiger partial charge in [0.15, 0.2) is 0 Å². The van der Waals surface area contributed by atoms with Gasteiger partial charge >= 0.3 is 0 Å². The van der Waals surface area contributed by atoms with Crippen LogP contribution in [0.2, 0.25) is 5.02 Å². The highest BCUT2D eigenvalue weighted by molar-refractivity contribution is 7.13. The SMILES string of the molecule is CNCC1CCN(C(=O)c2sc(COc3ccc(Cl)cc3)nc2C)CC1. The number of nitrogens with zero attached hydrogens (tertiary/aromatic N) is 2. The van der Waals surface area contributed by atoms with Gasteiger partial charge in [0.25, 0.3) is 5.91 Å². The normalized spacial score (nSPS) is 15.3. The van der Waals surface area contributed by atoms with E-state index >= 15 is 0 Å². The molecule has 1 fully saturated rings. The van der Waals surface area contributed by atoms with Crippen LogP contribution in [0.15, 0.2) is 24.3 Å². The average molecular weight is 394 g/mol. The number of aryl methyl sites for hydroxylation is 1. The van der Waals surface area contributed by atoms with Crippen LogP contribution < -0.4 is 10.1 Å². The minimum Gasteiger partial charge on any atom is -0.486 e. The van der Waals surface area contributed by atoms with Gasteiger partial charge in [-0.1, -0.05) is 11.6 Å². The van der Waals surface area contributed by atoms with Gasteiger partial charge in [0.05, 0.1) is 5.69 Å². The van der Waals surface area contributed by atoms with Gasteiger partial charge in [-0.2, -0.15) is 0 Å². The van der Waals surface area contributed by atoms with E-state index in [0.29, 0.717) is 17.5 Å². The molecule has 0 atom stereocenters. The van der Waals surface area contributed by atoms with E-state index < -0.39 is 0 Å². The molecule has 1 saturated heterocycles. The zero-order chi connectivity index (χ0) is 18.5. The van der Waals surface area contributed by atoms with E-state index in [9.17, 15) is 4.79 Å². The molecule has 1 N–H and O–H groups in total. The predicted octanol–water partition coefficient (Wildman–Crippen LogP) is 3.76. The molecule has 1 aromatic carbocycles. The number of hydrogen-bond acceptors (Lipinski definition) is 5. The molecule has 0 bridgehead atoms. The number of aromatic nitrogens is 1. The molecule has 140 valence electrons. The summed E-state index contributed by atoms with van der Waals surface area (Å²) in [5, 5.41) is 4.71. The fourth-order valence-corrected chi connectivity index (χ4v) is 4.23. The summed E-state index contributed by atoms with van der Waals surface area (Å²) < 4.78 is 5.74. The minimum atomic E-state index is 0.0978. The number of thiazole rings is 1. The summed E-state index contributed by atoms with van der Waals surface area (Å²) in [5.41, 5.74) is 0.784. The lowest BCUT2D eigenvalue weighted by molar-refractivity contribution is 0.0695. The minimum absolute atomic E-state index is 0.0978. The first kappa shape index (κ1) is 19.1. The topological polar surface area (TPSA) is 54.5 Å². The van der Waals surface area contributed by atoms with Crippen molar-refractivity contribution in [2.24, 2.45) is 5.92 Å². The zero-order valence-electron chi connectivity index (χ0n) is 15.1. The Kier molecular flexibility index (Phi) is 6.51. The largest absolute Gasteiger partial charge is 0.486 e. The van der Waals surface area contributed by atoms with Gasteiger partial charge < -0.3 is 15.0 Å². The Morgan fingerprint density at radius 2 is 2.04 bits per heavy atom. The molecule has 1 aliphatic heterocycles. The second kappa shape index (κ2) is 8.84. The highest BCUT2D eigenvalue weighted by Crippen LogP contribution is 2.25. The first-order valence-corrected chi connectivity index (χ1v) is 10.0. The first-order valence-electron chi connectivity index (χ1n) is 8.85. The Hall–Kier alpha value is -1.63. The van der Waals surface area contributed by atoms with Crippen molar-refractivity contribution in [2.45, 2.75) is 26.4 Å². The molecule has 0 unspecified atom stereocenters. The van der Waals surface area contributed by atoms with Crippen LogP contribution in [0.5, 0.6) is 5.75 Å². The summed E-state index contributed by atoms with van der Waals surface area (Å²) in [6.07, 6.45) is 2.11. The molecule has 0 radical (unpaired) electrons. The Morgan fingerprint density at radius 3 is 2.69 bits per heavy atom. The lowest BCUT2D eigenvalue weighted by atomic mass is 9.97. The first-order chi connectivity index (χ1) is 12.6. The quantitative estimate of drug-likeness (QED) is 0.811. The third-order valence-electron chi connectivity index (χ3n) is 4.61. The molecule has 3 rings (SSSR count). The summed E-state index contributed by atoms with van der Waals surface area (Å²) in [7, 11) is 1.98. The smallest absolute Gasteiger partial charge is 0.265 e.